The Morgan fingerprint density at radius 3 is 2.75 bits per heavy atom. The highest BCUT2D eigenvalue weighted by atomic mass is 14.3. The molecule has 12 heavy (non-hydrogen) atoms. The van der Waals surface area contributed by atoms with Gasteiger partial charge in [-0.3, -0.25) is 0 Å². The van der Waals surface area contributed by atoms with Crippen molar-refractivity contribution in [2.45, 2.75) is 25.7 Å². The minimum absolute atomic E-state index is 0.831. The molecule has 1 fully saturated rings. The Balaban J connectivity index is 2.50. The molecule has 1 aromatic carbocycles. The Bertz CT molecular complexity index is 306. The SMILES string of the molecule is C=Cc1c(C)cccc1C1CC1. The molecule has 62 valence electrons. The van der Waals surface area contributed by atoms with Crippen molar-refractivity contribution < 1.29 is 0 Å². The van der Waals surface area contributed by atoms with Gasteiger partial charge in [0.2, 0.25) is 0 Å². The second-order valence-corrected chi connectivity index (χ2v) is 3.56. The first kappa shape index (κ1) is 7.60. The van der Waals surface area contributed by atoms with E-state index in [0.717, 1.165) is 5.92 Å². The van der Waals surface area contributed by atoms with Gasteiger partial charge in [0.1, 0.15) is 0 Å². The number of hydrogen-bond donors (Lipinski definition) is 0. The minimum atomic E-state index is 0.831. The topological polar surface area (TPSA) is 0 Å². The van der Waals surface area contributed by atoms with Gasteiger partial charge in [0.15, 0.2) is 0 Å². The Morgan fingerprint density at radius 1 is 1.42 bits per heavy atom. The summed E-state index contributed by atoms with van der Waals surface area (Å²) in [6.07, 6.45) is 4.72. The summed E-state index contributed by atoms with van der Waals surface area (Å²) in [5, 5.41) is 0. The fraction of sp³-hybridized carbons (Fsp3) is 0.333. The largest absolute Gasteiger partial charge is 0.0984 e. The second kappa shape index (κ2) is 2.78. The standard InChI is InChI=1S/C12H14/c1-3-11-9(2)5-4-6-12(11)10-7-8-10/h3-6,10H,1,7-8H2,2H3. The van der Waals surface area contributed by atoms with E-state index < -0.39 is 0 Å². The maximum atomic E-state index is 3.86. The highest BCUT2D eigenvalue weighted by molar-refractivity contribution is 5.57. The van der Waals surface area contributed by atoms with E-state index in [1.807, 2.05) is 6.08 Å². The third-order valence-electron chi connectivity index (χ3n) is 2.58. The van der Waals surface area contributed by atoms with Crippen molar-refractivity contribution in [3.63, 3.8) is 0 Å². The van der Waals surface area contributed by atoms with E-state index in [4.69, 9.17) is 0 Å². The molecule has 0 aliphatic heterocycles. The molecule has 1 aliphatic rings. The van der Waals surface area contributed by atoms with Crippen LogP contribution in [0.4, 0.5) is 0 Å². The van der Waals surface area contributed by atoms with Crippen LogP contribution in [-0.4, -0.2) is 0 Å². The zero-order valence-electron chi connectivity index (χ0n) is 7.51. The van der Waals surface area contributed by atoms with Gasteiger partial charge in [-0.25, -0.2) is 0 Å². The first-order valence-electron chi connectivity index (χ1n) is 4.55. The fourth-order valence-corrected chi connectivity index (χ4v) is 1.73. The molecule has 0 N–H and O–H groups in total. The predicted molar refractivity (Wildman–Crippen MR) is 53.2 cm³/mol. The third kappa shape index (κ3) is 1.18. The average molecular weight is 158 g/mol. The van der Waals surface area contributed by atoms with Crippen LogP contribution < -0.4 is 0 Å². The summed E-state index contributed by atoms with van der Waals surface area (Å²) in [6, 6.07) is 6.54. The average Bonchev–Trinajstić information content (AvgIpc) is 2.86. The van der Waals surface area contributed by atoms with Gasteiger partial charge in [0, 0.05) is 0 Å². The molecule has 0 amide bonds. The quantitative estimate of drug-likeness (QED) is 0.617. The Labute approximate surface area is 73.9 Å². The summed E-state index contributed by atoms with van der Waals surface area (Å²) in [6.45, 7) is 6.02. The summed E-state index contributed by atoms with van der Waals surface area (Å²) >= 11 is 0. The van der Waals surface area contributed by atoms with Crippen LogP contribution in [0.15, 0.2) is 24.8 Å². The zero-order valence-corrected chi connectivity index (χ0v) is 7.51. The lowest BCUT2D eigenvalue weighted by atomic mass is 9.99. The van der Waals surface area contributed by atoms with E-state index in [2.05, 4.69) is 31.7 Å². The van der Waals surface area contributed by atoms with E-state index in [1.165, 1.54) is 29.5 Å². The van der Waals surface area contributed by atoms with Crippen molar-refractivity contribution in [3.05, 3.63) is 41.5 Å². The van der Waals surface area contributed by atoms with E-state index in [9.17, 15) is 0 Å². The summed E-state index contributed by atoms with van der Waals surface area (Å²) in [4.78, 5) is 0. The van der Waals surface area contributed by atoms with E-state index in [0.29, 0.717) is 0 Å². The highest BCUT2D eigenvalue weighted by Crippen LogP contribution is 2.42. The number of rotatable bonds is 2. The molecule has 1 saturated carbocycles. The molecule has 2 rings (SSSR count). The van der Waals surface area contributed by atoms with Gasteiger partial charge >= 0.3 is 0 Å². The van der Waals surface area contributed by atoms with E-state index in [-0.39, 0.29) is 0 Å². The van der Waals surface area contributed by atoms with Crippen LogP contribution >= 0.6 is 0 Å². The Kier molecular flexibility index (Phi) is 1.76. The maximum absolute atomic E-state index is 3.86. The summed E-state index contributed by atoms with van der Waals surface area (Å²) < 4.78 is 0. The van der Waals surface area contributed by atoms with Crippen LogP contribution in [0.1, 0.15) is 35.4 Å². The molecule has 0 heteroatoms. The van der Waals surface area contributed by atoms with Gasteiger partial charge in [-0.2, -0.15) is 0 Å². The van der Waals surface area contributed by atoms with Crippen LogP contribution in [0.3, 0.4) is 0 Å². The summed E-state index contributed by atoms with van der Waals surface area (Å²) in [7, 11) is 0. The lowest BCUT2D eigenvalue weighted by Crippen LogP contribution is -1.88. The van der Waals surface area contributed by atoms with Crippen molar-refractivity contribution in [1.29, 1.82) is 0 Å². The highest BCUT2D eigenvalue weighted by Gasteiger charge is 2.25. The van der Waals surface area contributed by atoms with Crippen LogP contribution in [0.5, 0.6) is 0 Å². The number of hydrogen-bond acceptors (Lipinski definition) is 0. The van der Waals surface area contributed by atoms with Gasteiger partial charge in [0.05, 0.1) is 0 Å². The molecule has 0 unspecified atom stereocenters. The molecular formula is C12H14. The lowest BCUT2D eigenvalue weighted by Gasteiger charge is -2.06. The molecule has 1 aliphatic carbocycles. The molecular weight excluding hydrogens is 144 g/mol. The van der Waals surface area contributed by atoms with Crippen molar-refractivity contribution in [1.82, 2.24) is 0 Å². The van der Waals surface area contributed by atoms with Crippen LogP contribution in [-0.2, 0) is 0 Å². The van der Waals surface area contributed by atoms with Crippen molar-refractivity contribution in [2.24, 2.45) is 0 Å². The molecule has 0 bridgehead atoms. The van der Waals surface area contributed by atoms with Gasteiger partial charge < -0.3 is 0 Å². The minimum Gasteiger partial charge on any atom is -0.0984 e. The number of benzene rings is 1. The van der Waals surface area contributed by atoms with Crippen molar-refractivity contribution in [3.8, 4) is 0 Å². The maximum Gasteiger partial charge on any atom is -0.0155 e. The lowest BCUT2D eigenvalue weighted by molar-refractivity contribution is 1.11. The van der Waals surface area contributed by atoms with Crippen LogP contribution in [0.25, 0.3) is 6.08 Å². The van der Waals surface area contributed by atoms with E-state index >= 15 is 0 Å². The summed E-state index contributed by atoms with van der Waals surface area (Å²) in [5.74, 6) is 0.831. The zero-order chi connectivity index (χ0) is 8.55. The fourth-order valence-electron chi connectivity index (χ4n) is 1.73. The normalized spacial score (nSPS) is 16.1. The predicted octanol–water partition coefficient (Wildman–Crippen LogP) is 3.52. The smallest absolute Gasteiger partial charge is 0.0155 e. The molecule has 1 aromatic rings. The van der Waals surface area contributed by atoms with Crippen molar-refractivity contribution >= 4 is 6.08 Å². The van der Waals surface area contributed by atoms with E-state index in [1.54, 1.807) is 0 Å². The molecule has 0 saturated heterocycles. The van der Waals surface area contributed by atoms with Gasteiger partial charge in [-0.05, 0) is 42.4 Å². The molecule has 0 aromatic heterocycles. The molecule has 0 nitrogen and oxygen atoms in total. The Morgan fingerprint density at radius 2 is 2.17 bits per heavy atom. The first-order valence-corrected chi connectivity index (χ1v) is 4.55. The van der Waals surface area contributed by atoms with Gasteiger partial charge in [-0.1, -0.05) is 30.9 Å². The molecule has 0 spiro atoms. The molecule has 0 radical (unpaired) electrons. The van der Waals surface area contributed by atoms with Gasteiger partial charge in [0.25, 0.3) is 0 Å². The summed E-state index contributed by atoms with van der Waals surface area (Å²) in [5.41, 5.74) is 4.22. The van der Waals surface area contributed by atoms with Crippen LogP contribution in [0.2, 0.25) is 0 Å². The van der Waals surface area contributed by atoms with Crippen molar-refractivity contribution in [2.75, 3.05) is 0 Å². The van der Waals surface area contributed by atoms with Crippen LogP contribution in [0, 0.1) is 6.92 Å². The molecule has 0 heterocycles. The second-order valence-electron chi connectivity index (χ2n) is 3.56. The monoisotopic (exact) mass is 158 g/mol. The third-order valence-corrected chi connectivity index (χ3v) is 2.58. The Hall–Kier alpha value is -1.04. The van der Waals surface area contributed by atoms with Gasteiger partial charge in [-0.15, -0.1) is 0 Å². The number of aryl methyl sites for hydroxylation is 1. The first-order chi connectivity index (χ1) is 5.83. The molecule has 0 atom stereocenters.